The van der Waals surface area contributed by atoms with Gasteiger partial charge in [0.05, 0.1) is 6.61 Å². The van der Waals surface area contributed by atoms with Gasteiger partial charge in [-0.15, -0.1) is 0 Å². The minimum Gasteiger partial charge on any atom is -0.464 e. The van der Waals surface area contributed by atoms with E-state index in [9.17, 15) is 4.79 Å². The second-order valence-electron chi connectivity index (χ2n) is 5.04. The monoisotopic (exact) mass is 276 g/mol. The molecule has 2 rings (SSSR count). The lowest BCUT2D eigenvalue weighted by Gasteiger charge is -2.15. The number of carbonyl (C=O) groups excluding carboxylic acids is 1. The standard InChI is InChI=1S/C16H20O4/c1-4-18-15(17)14-13(19-16(2,3)20-14)11-10-12-8-6-5-7-9-12/h5-11,13-14H,4H2,1-3H3/b11-10+/t13-,14+/m1/s1. The van der Waals surface area contributed by atoms with Crippen molar-refractivity contribution < 1.29 is 19.0 Å². The van der Waals surface area contributed by atoms with E-state index in [1.165, 1.54) is 0 Å². The molecule has 4 heteroatoms. The zero-order chi connectivity index (χ0) is 14.6. The molecule has 108 valence electrons. The van der Waals surface area contributed by atoms with Gasteiger partial charge in [0.15, 0.2) is 11.9 Å². The normalized spacial score (nSPS) is 24.9. The van der Waals surface area contributed by atoms with Crippen molar-refractivity contribution in [1.82, 2.24) is 0 Å². The average molecular weight is 276 g/mol. The predicted molar refractivity (Wildman–Crippen MR) is 75.9 cm³/mol. The zero-order valence-corrected chi connectivity index (χ0v) is 12.0. The predicted octanol–water partition coefficient (Wildman–Crippen LogP) is 2.78. The van der Waals surface area contributed by atoms with Gasteiger partial charge in [-0.1, -0.05) is 42.5 Å². The number of benzene rings is 1. The molecule has 1 fully saturated rings. The van der Waals surface area contributed by atoms with Crippen molar-refractivity contribution >= 4 is 12.0 Å². The lowest BCUT2D eigenvalue weighted by atomic mass is 10.1. The van der Waals surface area contributed by atoms with Crippen LogP contribution in [-0.2, 0) is 19.0 Å². The largest absolute Gasteiger partial charge is 0.464 e. The summed E-state index contributed by atoms with van der Waals surface area (Å²) < 4.78 is 16.4. The van der Waals surface area contributed by atoms with E-state index in [1.54, 1.807) is 20.8 Å². The number of hydrogen-bond donors (Lipinski definition) is 0. The van der Waals surface area contributed by atoms with Crippen LogP contribution in [0.4, 0.5) is 0 Å². The van der Waals surface area contributed by atoms with Crippen LogP contribution in [0.2, 0.25) is 0 Å². The van der Waals surface area contributed by atoms with Crippen LogP contribution in [0, 0.1) is 0 Å². The first-order valence-corrected chi connectivity index (χ1v) is 6.77. The Labute approximate surface area is 119 Å². The molecule has 0 bridgehead atoms. The van der Waals surface area contributed by atoms with Crippen LogP contribution in [0.3, 0.4) is 0 Å². The van der Waals surface area contributed by atoms with Crippen LogP contribution in [-0.4, -0.2) is 30.6 Å². The minimum atomic E-state index is -0.789. The third-order valence-corrected chi connectivity index (χ3v) is 2.93. The molecule has 1 heterocycles. The highest BCUT2D eigenvalue weighted by molar-refractivity contribution is 5.76. The van der Waals surface area contributed by atoms with Gasteiger partial charge in [-0.3, -0.25) is 0 Å². The summed E-state index contributed by atoms with van der Waals surface area (Å²) in [7, 11) is 0. The molecular formula is C16H20O4. The van der Waals surface area contributed by atoms with Gasteiger partial charge in [0, 0.05) is 0 Å². The maximum Gasteiger partial charge on any atom is 0.338 e. The van der Waals surface area contributed by atoms with E-state index < -0.39 is 18.0 Å². The topological polar surface area (TPSA) is 44.8 Å². The van der Waals surface area contributed by atoms with Crippen molar-refractivity contribution in [2.24, 2.45) is 0 Å². The SMILES string of the molecule is CCOC(=O)[C@H]1OC(C)(C)O[C@@H]1/C=C/c1ccccc1. The van der Waals surface area contributed by atoms with E-state index in [4.69, 9.17) is 14.2 Å². The number of rotatable bonds is 4. The number of esters is 1. The summed E-state index contributed by atoms with van der Waals surface area (Å²) in [4.78, 5) is 11.9. The number of carbonyl (C=O) groups is 1. The number of ether oxygens (including phenoxy) is 3. The second kappa shape index (κ2) is 6.20. The fourth-order valence-corrected chi connectivity index (χ4v) is 2.11. The van der Waals surface area contributed by atoms with Crippen LogP contribution >= 0.6 is 0 Å². The van der Waals surface area contributed by atoms with Gasteiger partial charge < -0.3 is 14.2 Å². The Kier molecular flexibility index (Phi) is 4.57. The van der Waals surface area contributed by atoms with E-state index >= 15 is 0 Å². The maximum atomic E-state index is 11.9. The summed E-state index contributed by atoms with van der Waals surface area (Å²) in [6, 6.07) is 9.83. The van der Waals surface area contributed by atoms with Crippen LogP contribution in [0.1, 0.15) is 26.3 Å². The molecule has 1 aliphatic rings. The smallest absolute Gasteiger partial charge is 0.338 e. The molecule has 2 atom stereocenters. The Bertz CT molecular complexity index is 479. The molecule has 20 heavy (non-hydrogen) atoms. The molecule has 0 aromatic heterocycles. The molecule has 1 aliphatic heterocycles. The first kappa shape index (κ1) is 14.8. The second-order valence-corrected chi connectivity index (χ2v) is 5.04. The van der Waals surface area contributed by atoms with E-state index in [0.717, 1.165) is 5.56 Å². The maximum absolute atomic E-state index is 11.9. The Balaban J connectivity index is 2.11. The lowest BCUT2D eigenvalue weighted by Crippen LogP contribution is -2.32. The summed E-state index contributed by atoms with van der Waals surface area (Å²) in [5.41, 5.74) is 1.04. The Hall–Kier alpha value is -1.65. The summed E-state index contributed by atoms with van der Waals surface area (Å²) in [5, 5.41) is 0. The van der Waals surface area contributed by atoms with Gasteiger partial charge in [-0.25, -0.2) is 4.79 Å². The van der Waals surface area contributed by atoms with Crippen LogP contribution in [0.5, 0.6) is 0 Å². The molecule has 1 aromatic carbocycles. The highest BCUT2D eigenvalue weighted by Crippen LogP contribution is 2.30. The van der Waals surface area contributed by atoms with Crippen molar-refractivity contribution in [3.8, 4) is 0 Å². The van der Waals surface area contributed by atoms with Crippen molar-refractivity contribution in [3.05, 3.63) is 42.0 Å². The third-order valence-electron chi connectivity index (χ3n) is 2.93. The average Bonchev–Trinajstić information content (AvgIpc) is 2.73. The molecular weight excluding hydrogens is 256 g/mol. The first-order valence-electron chi connectivity index (χ1n) is 6.77. The van der Waals surface area contributed by atoms with Gasteiger partial charge in [-0.2, -0.15) is 0 Å². The minimum absolute atomic E-state index is 0.328. The lowest BCUT2D eigenvalue weighted by molar-refractivity contribution is -0.169. The van der Waals surface area contributed by atoms with Crippen LogP contribution in [0.25, 0.3) is 6.08 Å². The van der Waals surface area contributed by atoms with E-state index in [-0.39, 0.29) is 5.97 Å². The highest BCUT2D eigenvalue weighted by atomic mass is 16.8. The Morgan fingerprint density at radius 2 is 2.00 bits per heavy atom. The molecule has 0 radical (unpaired) electrons. The molecule has 1 saturated heterocycles. The molecule has 0 saturated carbocycles. The molecule has 0 amide bonds. The van der Waals surface area contributed by atoms with Gasteiger partial charge in [0.1, 0.15) is 6.10 Å². The summed E-state index contributed by atoms with van der Waals surface area (Å²) in [6.07, 6.45) is 2.60. The Morgan fingerprint density at radius 3 is 2.65 bits per heavy atom. The van der Waals surface area contributed by atoms with Gasteiger partial charge in [-0.05, 0) is 26.3 Å². The van der Waals surface area contributed by atoms with Crippen LogP contribution < -0.4 is 0 Å². The quantitative estimate of drug-likeness (QED) is 0.793. The highest BCUT2D eigenvalue weighted by Gasteiger charge is 2.44. The molecule has 0 unspecified atom stereocenters. The van der Waals surface area contributed by atoms with Crippen molar-refractivity contribution in [2.75, 3.05) is 6.61 Å². The molecule has 0 N–H and O–H groups in total. The van der Waals surface area contributed by atoms with E-state index in [0.29, 0.717) is 6.61 Å². The van der Waals surface area contributed by atoms with Crippen LogP contribution in [0.15, 0.2) is 36.4 Å². The zero-order valence-electron chi connectivity index (χ0n) is 12.0. The summed E-state index contributed by atoms with van der Waals surface area (Å²) in [5.74, 6) is -1.18. The molecule has 4 nitrogen and oxygen atoms in total. The first-order chi connectivity index (χ1) is 9.52. The molecule has 0 spiro atoms. The fraction of sp³-hybridized carbons (Fsp3) is 0.438. The third kappa shape index (κ3) is 3.68. The number of hydrogen-bond acceptors (Lipinski definition) is 4. The summed E-state index contributed by atoms with van der Waals surface area (Å²) in [6.45, 7) is 5.67. The van der Waals surface area contributed by atoms with Gasteiger partial charge >= 0.3 is 5.97 Å². The van der Waals surface area contributed by atoms with Gasteiger partial charge in [0.2, 0.25) is 0 Å². The van der Waals surface area contributed by atoms with E-state index in [1.807, 2.05) is 42.5 Å². The molecule has 1 aromatic rings. The fourth-order valence-electron chi connectivity index (χ4n) is 2.11. The summed E-state index contributed by atoms with van der Waals surface area (Å²) >= 11 is 0. The van der Waals surface area contributed by atoms with E-state index in [2.05, 4.69) is 0 Å². The Morgan fingerprint density at radius 1 is 1.30 bits per heavy atom. The van der Waals surface area contributed by atoms with Crippen molar-refractivity contribution in [3.63, 3.8) is 0 Å². The van der Waals surface area contributed by atoms with Crippen molar-refractivity contribution in [1.29, 1.82) is 0 Å². The van der Waals surface area contributed by atoms with Crippen molar-refractivity contribution in [2.45, 2.75) is 38.8 Å². The molecule has 0 aliphatic carbocycles. The van der Waals surface area contributed by atoms with Gasteiger partial charge in [0.25, 0.3) is 0 Å².